The van der Waals surface area contributed by atoms with E-state index in [0.717, 1.165) is 28.1 Å². The molecule has 0 aliphatic heterocycles. The molecule has 0 radical (unpaired) electrons. The average molecular weight is 343 g/mol. The Bertz CT molecular complexity index is 1090. The van der Waals surface area contributed by atoms with E-state index in [2.05, 4.69) is 42.5 Å². The highest BCUT2D eigenvalue weighted by Gasteiger charge is 2.14. The molecule has 4 aromatic rings. The molecule has 0 bridgehead atoms. The Labute approximate surface area is 152 Å². The quantitative estimate of drug-likeness (QED) is 0.581. The van der Waals surface area contributed by atoms with Crippen LogP contribution in [0.1, 0.15) is 22.5 Å². The number of aryl methyl sites for hydroxylation is 4. The third-order valence-electron chi connectivity index (χ3n) is 4.25. The lowest BCUT2D eigenvalue weighted by Crippen LogP contribution is -2.08. The number of aromatic nitrogens is 4. The summed E-state index contributed by atoms with van der Waals surface area (Å²) in [7, 11) is 0. The molecule has 0 saturated heterocycles. The second-order valence-electron chi connectivity index (χ2n) is 6.72. The van der Waals surface area contributed by atoms with E-state index in [9.17, 15) is 0 Å². The fraction of sp³-hybridized carbons (Fsp3) is 0.190. The number of benzene rings is 2. The number of para-hydroxylation sites is 2. The van der Waals surface area contributed by atoms with Crippen molar-refractivity contribution < 1.29 is 0 Å². The van der Waals surface area contributed by atoms with Crippen molar-refractivity contribution in [1.82, 2.24) is 19.7 Å². The first-order valence-electron chi connectivity index (χ1n) is 8.65. The van der Waals surface area contributed by atoms with Crippen molar-refractivity contribution >= 4 is 22.5 Å². The summed E-state index contributed by atoms with van der Waals surface area (Å²) in [5, 5.41) is 8.05. The van der Waals surface area contributed by atoms with Crippen LogP contribution >= 0.6 is 0 Å². The molecule has 130 valence electrons. The summed E-state index contributed by atoms with van der Waals surface area (Å²) < 4.78 is 1.85. The van der Waals surface area contributed by atoms with Gasteiger partial charge >= 0.3 is 0 Å². The van der Waals surface area contributed by atoms with E-state index in [0.29, 0.717) is 11.6 Å². The summed E-state index contributed by atoms with van der Waals surface area (Å²) in [6, 6.07) is 16.3. The van der Waals surface area contributed by atoms with Gasteiger partial charge in [-0.2, -0.15) is 5.10 Å². The summed E-state index contributed by atoms with van der Waals surface area (Å²) >= 11 is 0. The van der Waals surface area contributed by atoms with Crippen molar-refractivity contribution in [3.05, 3.63) is 71.0 Å². The van der Waals surface area contributed by atoms with Crippen molar-refractivity contribution in [3.63, 3.8) is 0 Å². The normalized spacial score (nSPS) is 11.1. The fourth-order valence-corrected chi connectivity index (χ4v) is 3.25. The van der Waals surface area contributed by atoms with E-state index in [4.69, 9.17) is 9.97 Å². The van der Waals surface area contributed by atoms with Gasteiger partial charge in [0.1, 0.15) is 0 Å². The van der Waals surface area contributed by atoms with Crippen LogP contribution in [-0.4, -0.2) is 19.7 Å². The second-order valence-corrected chi connectivity index (χ2v) is 6.72. The number of nitrogens with zero attached hydrogens (tertiary/aromatic N) is 4. The molecule has 26 heavy (non-hydrogen) atoms. The van der Waals surface area contributed by atoms with Crippen LogP contribution in [-0.2, 0) is 0 Å². The van der Waals surface area contributed by atoms with Gasteiger partial charge in [0.25, 0.3) is 0 Å². The number of anilines is 2. The zero-order chi connectivity index (χ0) is 18.3. The molecule has 5 heteroatoms. The molecule has 2 aromatic heterocycles. The predicted octanol–water partition coefficient (Wildman–Crippen LogP) is 4.79. The molecule has 2 aromatic carbocycles. The van der Waals surface area contributed by atoms with Gasteiger partial charge in [0.05, 0.1) is 16.7 Å². The highest BCUT2D eigenvalue weighted by atomic mass is 15.3. The lowest BCUT2D eigenvalue weighted by Gasteiger charge is -2.14. The number of nitrogens with one attached hydrogen (secondary N) is 1. The van der Waals surface area contributed by atoms with E-state index < -0.39 is 0 Å². The van der Waals surface area contributed by atoms with Crippen LogP contribution in [0, 0.1) is 27.7 Å². The molecule has 0 fully saturated rings. The van der Waals surface area contributed by atoms with Crippen molar-refractivity contribution in [2.45, 2.75) is 27.7 Å². The first-order chi connectivity index (χ1) is 12.5. The first kappa shape index (κ1) is 16.3. The third kappa shape index (κ3) is 3.04. The summed E-state index contributed by atoms with van der Waals surface area (Å²) in [5.74, 6) is 1.40. The Kier molecular flexibility index (Phi) is 3.92. The Morgan fingerprint density at radius 2 is 1.46 bits per heavy atom. The molecule has 0 amide bonds. The smallest absolute Gasteiger partial charge is 0.197 e. The van der Waals surface area contributed by atoms with Gasteiger partial charge in [0, 0.05) is 11.4 Å². The van der Waals surface area contributed by atoms with Gasteiger partial charge in [0.15, 0.2) is 11.6 Å². The molecule has 0 spiro atoms. The average Bonchev–Trinajstić information content (AvgIpc) is 2.91. The minimum absolute atomic E-state index is 0.694. The van der Waals surface area contributed by atoms with E-state index in [-0.39, 0.29) is 0 Å². The maximum Gasteiger partial charge on any atom is 0.197 e. The molecular weight excluding hydrogens is 322 g/mol. The Hall–Kier alpha value is -3.21. The van der Waals surface area contributed by atoms with Crippen molar-refractivity contribution in [2.24, 2.45) is 0 Å². The molecule has 0 aliphatic carbocycles. The molecule has 2 heterocycles. The zero-order valence-electron chi connectivity index (χ0n) is 15.4. The highest BCUT2D eigenvalue weighted by molar-refractivity contribution is 5.79. The topological polar surface area (TPSA) is 55.6 Å². The van der Waals surface area contributed by atoms with E-state index in [1.165, 1.54) is 11.1 Å². The minimum Gasteiger partial charge on any atom is -0.337 e. The highest BCUT2D eigenvalue weighted by Crippen LogP contribution is 2.26. The van der Waals surface area contributed by atoms with Crippen molar-refractivity contribution in [2.75, 3.05) is 5.32 Å². The second kappa shape index (κ2) is 6.26. The molecule has 0 aliphatic rings. The minimum atomic E-state index is 0.694. The lowest BCUT2D eigenvalue weighted by atomic mass is 10.1. The van der Waals surface area contributed by atoms with E-state index >= 15 is 0 Å². The third-order valence-corrected chi connectivity index (χ3v) is 4.25. The van der Waals surface area contributed by atoms with Crippen molar-refractivity contribution in [3.8, 4) is 5.82 Å². The first-order valence-corrected chi connectivity index (χ1v) is 8.65. The maximum absolute atomic E-state index is 4.84. The molecule has 5 nitrogen and oxygen atoms in total. The Balaban J connectivity index is 1.91. The molecule has 0 unspecified atom stereocenters. The van der Waals surface area contributed by atoms with Crippen molar-refractivity contribution in [1.29, 1.82) is 0 Å². The summed E-state index contributed by atoms with van der Waals surface area (Å²) in [4.78, 5) is 9.66. The fourth-order valence-electron chi connectivity index (χ4n) is 3.25. The van der Waals surface area contributed by atoms with Gasteiger partial charge in [-0.15, -0.1) is 0 Å². The lowest BCUT2D eigenvalue weighted by molar-refractivity contribution is 0.808. The zero-order valence-corrected chi connectivity index (χ0v) is 15.4. The number of hydrogen-bond acceptors (Lipinski definition) is 4. The number of hydrogen-bond donors (Lipinski definition) is 1. The van der Waals surface area contributed by atoms with Crippen LogP contribution in [0.4, 0.5) is 11.5 Å². The van der Waals surface area contributed by atoms with Gasteiger partial charge in [-0.3, -0.25) is 0 Å². The Morgan fingerprint density at radius 3 is 2.08 bits per heavy atom. The maximum atomic E-state index is 4.84. The van der Waals surface area contributed by atoms with Gasteiger partial charge in [-0.1, -0.05) is 18.2 Å². The van der Waals surface area contributed by atoms with Crippen LogP contribution in [0.3, 0.4) is 0 Å². The molecular formula is C21H21N5. The molecule has 0 saturated carbocycles. The largest absolute Gasteiger partial charge is 0.337 e. The monoisotopic (exact) mass is 343 g/mol. The molecule has 4 rings (SSSR count). The van der Waals surface area contributed by atoms with Gasteiger partial charge in [-0.05, 0) is 69.2 Å². The number of fused-ring (bicyclic) bond motifs is 1. The Morgan fingerprint density at radius 1 is 0.808 bits per heavy atom. The van der Waals surface area contributed by atoms with Gasteiger partial charge < -0.3 is 5.32 Å². The number of rotatable bonds is 3. The standard InChI is InChI=1S/C21H21N5/c1-13-9-14(2)11-17(10-13)22-20-21(26-16(4)12-15(3)25-26)24-19-8-6-5-7-18(19)23-20/h5-12H,1-4H3,(H,22,23). The van der Waals surface area contributed by atoms with Crippen LogP contribution < -0.4 is 5.32 Å². The van der Waals surface area contributed by atoms with E-state index in [1.54, 1.807) is 0 Å². The van der Waals surface area contributed by atoms with Gasteiger partial charge in [-0.25, -0.2) is 14.6 Å². The summed E-state index contributed by atoms with van der Waals surface area (Å²) in [6.45, 7) is 8.19. The van der Waals surface area contributed by atoms with Crippen LogP contribution in [0.2, 0.25) is 0 Å². The summed E-state index contributed by atoms with van der Waals surface area (Å²) in [6.07, 6.45) is 0. The van der Waals surface area contributed by atoms with Crippen LogP contribution in [0.5, 0.6) is 0 Å². The van der Waals surface area contributed by atoms with E-state index in [1.807, 2.05) is 48.9 Å². The molecule has 0 atom stereocenters. The van der Waals surface area contributed by atoms with Gasteiger partial charge in [0.2, 0.25) is 0 Å². The SMILES string of the molecule is Cc1cc(C)cc(Nc2nc3ccccc3nc2-n2nc(C)cc2C)c1. The summed E-state index contributed by atoms with van der Waals surface area (Å²) in [5.41, 5.74) is 7.08. The predicted molar refractivity (Wildman–Crippen MR) is 105 cm³/mol. The molecule has 1 N–H and O–H groups in total. The van der Waals surface area contributed by atoms with Crippen LogP contribution in [0.25, 0.3) is 16.9 Å². The van der Waals surface area contributed by atoms with Crippen LogP contribution in [0.15, 0.2) is 48.5 Å².